The van der Waals surface area contributed by atoms with E-state index < -0.39 is 235 Å². The molecule has 37 nitrogen and oxygen atoms in total. The molecule has 17 atom stereocenters. The number of hydrogen-bond donors (Lipinski definition) is 17. The number of aliphatic imine (C=N–C) groups is 1. The van der Waals surface area contributed by atoms with Gasteiger partial charge in [-0.1, -0.05) is 82.4 Å². The van der Waals surface area contributed by atoms with E-state index in [0.717, 1.165) is 21.6 Å². The second kappa shape index (κ2) is 40.3. The Morgan fingerprint density at radius 3 is 1.41 bits per heavy atom. The minimum Gasteiger partial charge on any atom is -0.481 e. The van der Waals surface area contributed by atoms with Gasteiger partial charge in [0, 0.05) is 37.7 Å². The number of carbonyl (C=O) groups is 16. The van der Waals surface area contributed by atoms with Gasteiger partial charge in [0.25, 0.3) is 0 Å². The van der Waals surface area contributed by atoms with Crippen LogP contribution in [0.25, 0.3) is 0 Å². The quantitative estimate of drug-likeness (QED) is 0.0333. The Bertz CT molecular complexity index is 3110. The largest absolute Gasteiger partial charge is 0.481 e. The zero-order chi connectivity index (χ0) is 75.8. The standard InChI is InChI=1S/C63H102N18O19S2/c1-9-30(4)46-58(96)74-39-28-101-102-29-40(55(93)78-48(32(6)11-3)62(100)80-22-14-17-41(80)56(94)71-36(24-45(85)86)50(88)67-25-44(84)68-33(7)49(87)76-46)75-59(97)47(31(5)10-2)77-57(95)42-18-13-21-79(42)61(99)43-19-15-23-81(43)60(98)34(8)69-52(90)37(26-82)72-51(89)35(16-12-20-66-63(64)65)70-53(91)38(27-83)73-54(39)92/h30-43,46-48,82-83H,9-29H2,1-8H3,(H,67,88)(H,68,84)(H,69,90)(H,70,91)(H,71,94)(H,72,89)(H,73,92)(H,74,96)(H,75,97)(H,76,87)(H,77,95)(H,78,93)(H,85,86)(H4,64,65,66)/t30-,31-,32-,33-,34-,35-,36-,37-,38-,39-,40-,41-,42-,43-,46-,47-,48-/m0/s1. The molecule has 0 radical (unpaired) electrons. The zero-order valence-electron chi connectivity index (χ0n) is 58.8. The van der Waals surface area contributed by atoms with E-state index in [9.17, 15) is 82.4 Å². The molecule has 0 spiro atoms. The monoisotopic (exact) mass is 1480 g/mol. The lowest BCUT2D eigenvalue weighted by atomic mass is 9.96. The van der Waals surface area contributed by atoms with Gasteiger partial charge in [-0.25, -0.2) is 0 Å². The highest BCUT2D eigenvalue weighted by Gasteiger charge is 2.46. The van der Waals surface area contributed by atoms with Gasteiger partial charge in [0.15, 0.2) is 5.96 Å². The van der Waals surface area contributed by atoms with Gasteiger partial charge < -0.3 is 105 Å². The maximum absolute atomic E-state index is 15.1. The van der Waals surface area contributed by atoms with Crippen LogP contribution in [0, 0.1) is 17.8 Å². The van der Waals surface area contributed by atoms with Crippen LogP contribution in [0.1, 0.15) is 132 Å². The number of nitrogens with one attached hydrogen (secondary N) is 12. The van der Waals surface area contributed by atoms with Gasteiger partial charge in [-0.3, -0.25) is 81.7 Å². The van der Waals surface area contributed by atoms with Crippen molar-refractivity contribution in [3.05, 3.63) is 0 Å². The molecule has 102 heavy (non-hydrogen) atoms. The van der Waals surface area contributed by atoms with Gasteiger partial charge >= 0.3 is 5.97 Å². The summed E-state index contributed by atoms with van der Waals surface area (Å²) in [7, 11) is 1.70. The van der Waals surface area contributed by atoms with Gasteiger partial charge in [-0.05, 0) is 83.0 Å². The highest BCUT2D eigenvalue weighted by atomic mass is 33.1. The van der Waals surface area contributed by atoms with Gasteiger partial charge in [-0.2, -0.15) is 0 Å². The molecule has 5 aliphatic heterocycles. The summed E-state index contributed by atoms with van der Waals surface area (Å²) in [6.07, 6.45) is 0.758. The SMILES string of the molecule is CC[C@H](C)[C@@H]1NC(=O)[C@H](C)NC(=O)CNC(=O)[C@H](CC(=O)O)NC(=O)[C@@H]2CCCN2C(=O)[C@H]([C@@H](C)CC)NC(=O)[C@@H]2CSSC[C@H](NC1=O)C(=O)N[C@@H](CO)C(=O)N[C@@H](CCCN=C(N)N)C(=O)N[C@@H](CO)C(=O)N[C@@H](C)C(=O)N1CCC[C@H]1C(=O)N1CCC[C@H]1C(=O)N[C@@H]([C@@H](C)CC)C(=O)N2. The van der Waals surface area contributed by atoms with Crippen LogP contribution in [-0.2, 0) is 76.7 Å². The second-order valence-corrected chi connectivity index (χ2v) is 28.8. The summed E-state index contributed by atoms with van der Waals surface area (Å²) in [6.45, 7) is 9.54. The molecule has 15 amide bonds. The molecule has 39 heteroatoms. The number of carboxylic acid groups (broad SMARTS) is 1. The number of rotatable bonds is 14. The van der Waals surface area contributed by atoms with Crippen LogP contribution in [0.4, 0.5) is 0 Å². The molecule has 5 saturated heterocycles. The number of amides is 15. The van der Waals surface area contributed by atoms with Crippen molar-refractivity contribution in [3.63, 3.8) is 0 Å². The van der Waals surface area contributed by atoms with Crippen molar-refractivity contribution in [1.82, 2.24) is 78.5 Å². The number of aliphatic hydroxyl groups is 2. The molecule has 0 aromatic heterocycles. The smallest absolute Gasteiger partial charge is 0.305 e. The molecule has 5 aliphatic rings. The van der Waals surface area contributed by atoms with Crippen LogP contribution < -0.4 is 75.3 Å². The van der Waals surface area contributed by atoms with Gasteiger partial charge in [0.2, 0.25) is 88.6 Å². The first-order valence-electron chi connectivity index (χ1n) is 34.6. The van der Waals surface area contributed by atoms with E-state index in [2.05, 4.69) is 68.8 Å². The van der Waals surface area contributed by atoms with Crippen molar-refractivity contribution in [3.8, 4) is 0 Å². The molecule has 0 aromatic carbocycles. The van der Waals surface area contributed by atoms with Gasteiger partial charge in [-0.15, -0.1) is 0 Å². The topological polar surface area (TPSA) is 552 Å². The fraction of sp³-hybridized carbons (Fsp3) is 0.730. The van der Waals surface area contributed by atoms with E-state index in [1.54, 1.807) is 41.5 Å². The highest BCUT2D eigenvalue weighted by Crippen LogP contribution is 2.29. The van der Waals surface area contributed by atoms with Crippen molar-refractivity contribution in [1.29, 1.82) is 0 Å². The Morgan fingerprint density at radius 1 is 0.480 bits per heavy atom. The third kappa shape index (κ3) is 23.5. The number of nitrogens with two attached hydrogens (primary N) is 2. The van der Waals surface area contributed by atoms with Crippen LogP contribution in [-0.4, -0.2) is 273 Å². The highest BCUT2D eigenvalue weighted by molar-refractivity contribution is 8.76. The van der Waals surface area contributed by atoms with E-state index in [0.29, 0.717) is 12.8 Å². The fourth-order valence-electron chi connectivity index (χ4n) is 12.2. The summed E-state index contributed by atoms with van der Waals surface area (Å²) in [5, 5.41) is 61.2. The predicted octanol–water partition coefficient (Wildman–Crippen LogP) is -6.49. The van der Waals surface area contributed by atoms with Crippen molar-refractivity contribution < 1.29 is 92.0 Å². The lowest BCUT2D eigenvalue weighted by molar-refractivity contribution is -0.148. The van der Waals surface area contributed by atoms with Crippen molar-refractivity contribution in [2.24, 2.45) is 34.2 Å². The van der Waals surface area contributed by atoms with E-state index in [1.165, 1.54) is 28.5 Å². The molecule has 570 valence electrons. The average Bonchev–Trinajstić information content (AvgIpc) is 1.59. The van der Waals surface area contributed by atoms with E-state index in [-0.39, 0.29) is 89.9 Å². The Kier molecular flexibility index (Phi) is 33.2. The number of aliphatic hydroxyl groups excluding tert-OH is 2. The molecule has 5 heterocycles. The first kappa shape index (κ1) is 84.1. The molecule has 5 rings (SSSR count). The first-order valence-corrected chi connectivity index (χ1v) is 37.0. The van der Waals surface area contributed by atoms with Crippen LogP contribution in [0.15, 0.2) is 4.99 Å². The number of fused-ring (bicyclic) bond motifs is 8. The number of hydrogen-bond acceptors (Lipinski definition) is 21. The Balaban J connectivity index is 1.67. The molecule has 0 saturated carbocycles. The van der Waals surface area contributed by atoms with E-state index in [1.807, 2.05) is 0 Å². The van der Waals surface area contributed by atoms with Crippen LogP contribution in [0.5, 0.6) is 0 Å². The summed E-state index contributed by atoms with van der Waals surface area (Å²) in [5.41, 5.74) is 11.0. The number of guanidine groups is 1. The Labute approximate surface area is 598 Å². The predicted molar refractivity (Wildman–Crippen MR) is 369 cm³/mol. The van der Waals surface area contributed by atoms with Gasteiger partial charge in [0.1, 0.15) is 84.6 Å². The minimum absolute atomic E-state index is 0.0103. The third-order valence-corrected chi connectivity index (χ3v) is 21.2. The molecular weight excluding hydrogens is 1380 g/mol. The fourth-order valence-corrected chi connectivity index (χ4v) is 14.5. The van der Waals surface area contributed by atoms with Crippen LogP contribution >= 0.6 is 21.6 Å². The summed E-state index contributed by atoms with van der Waals surface area (Å²) >= 11 is 0. The number of carbonyl (C=O) groups excluding carboxylic acids is 15. The number of nitrogens with zero attached hydrogens (tertiary/aromatic N) is 4. The molecule has 0 unspecified atom stereocenters. The van der Waals surface area contributed by atoms with Crippen LogP contribution in [0.3, 0.4) is 0 Å². The normalized spacial score (nSPS) is 30.1. The molecule has 19 N–H and O–H groups in total. The summed E-state index contributed by atoms with van der Waals surface area (Å²) < 4.78 is 0. The molecule has 5 fully saturated rings. The first-order chi connectivity index (χ1) is 48.3. The number of carboxylic acids is 1. The van der Waals surface area contributed by atoms with E-state index >= 15 is 9.59 Å². The molecule has 2 bridgehead atoms. The second-order valence-electron chi connectivity index (χ2n) is 26.3. The van der Waals surface area contributed by atoms with Gasteiger partial charge in [0.05, 0.1) is 26.2 Å². The van der Waals surface area contributed by atoms with Crippen molar-refractivity contribution in [2.45, 2.75) is 217 Å². The maximum atomic E-state index is 15.1. The third-order valence-electron chi connectivity index (χ3n) is 18.8. The van der Waals surface area contributed by atoms with Crippen molar-refractivity contribution in [2.75, 3.05) is 57.4 Å². The minimum atomic E-state index is -1.93. The lowest BCUT2D eigenvalue weighted by Crippen LogP contribution is -2.62. The Morgan fingerprint density at radius 2 is 0.902 bits per heavy atom. The summed E-state index contributed by atoms with van der Waals surface area (Å²) in [4.78, 5) is 235. The zero-order valence-corrected chi connectivity index (χ0v) is 60.4. The number of aliphatic carboxylic acids is 1. The molecule has 0 aromatic rings. The maximum Gasteiger partial charge on any atom is 0.305 e. The molecule has 0 aliphatic carbocycles. The Hall–Kier alpha value is -8.59. The van der Waals surface area contributed by atoms with Crippen molar-refractivity contribution >= 4 is 122 Å². The molecular formula is C63H102N18O19S2. The average molecular weight is 1480 g/mol. The van der Waals surface area contributed by atoms with Crippen LogP contribution in [0.2, 0.25) is 0 Å². The summed E-state index contributed by atoms with van der Waals surface area (Å²) in [5.74, 6) is -18.9. The summed E-state index contributed by atoms with van der Waals surface area (Å²) in [6, 6.07) is -21.2. The lowest BCUT2D eigenvalue weighted by Gasteiger charge is -2.34. The van der Waals surface area contributed by atoms with E-state index in [4.69, 9.17) is 11.5 Å².